The quantitative estimate of drug-likeness (QED) is 0.770. The molecule has 0 unspecified atom stereocenters. The van der Waals surface area contributed by atoms with Gasteiger partial charge in [0.25, 0.3) is 0 Å². The molecule has 6 heteroatoms. The zero-order valence-electron chi connectivity index (χ0n) is 7.31. The van der Waals surface area contributed by atoms with Gasteiger partial charge in [-0.05, 0) is 18.2 Å². The number of fused-ring (bicyclic) bond motifs is 1. The average molecular weight is 225 g/mol. The van der Waals surface area contributed by atoms with Crippen molar-refractivity contribution in [3.63, 3.8) is 0 Å². The lowest BCUT2D eigenvalue weighted by molar-refractivity contribution is 0.0697. The van der Waals surface area contributed by atoms with Crippen LogP contribution in [-0.2, 0) is 0 Å². The summed E-state index contributed by atoms with van der Waals surface area (Å²) in [5, 5.41) is 25.8. The first-order chi connectivity index (χ1) is 7.09. The van der Waals surface area contributed by atoms with Crippen LogP contribution in [0.3, 0.4) is 0 Å². The molecule has 0 radical (unpaired) electrons. The summed E-state index contributed by atoms with van der Waals surface area (Å²) in [6, 6.07) is 4.14. The van der Waals surface area contributed by atoms with Gasteiger partial charge in [-0.3, -0.25) is 0 Å². The highest BCUT2D eigenvalue weighted by molar-refractivity contribution is 6.34. The number of aromatic carboxylic acids is 1. The van der Waals surface area contributed by atoms with E-state index in [0.717, 1.165) is 0 Å². The SMILES string of the molecule is O=C(O)c1ccc2c(O)nnc(Cl)c2c1. The van der Waals surface area contributed by atoms with E-state index in [1.807, 2.05) is 0 Å². The molecule has 5 nitrogen and oxygen atoms in total. The Balaban J connectivity index is 2.81. The Morgan fingerprint density at radius 2 is 2.00 bits per heavy atom. The van der Waals surface area contributed by atoms with Crippen LogP contribution in [0.15, 0.2) is 18.2 Å². The summed E-state index contributed by atoms with van der Waals surface area (Å²) in [7, 11) is 0. The van der Waals surface area contributed by atoms with E-state index in [0.29, 0.717) is 10.8 Å². The second kappa shape index (κ2) is 3.36. The molecule has 0 amide bonds. The van der Waals surface area contributed by atoms with Crippen molar-refractivity contribution in [3.05, 3.63) is 28.9 Å². The summed E-state index contributed by atoms with van der Waals surface area (Å²) in [6.07, 6.45) is 0. The first-order valence-corrected chi connectivity index (χ1v) is 4.35. The lowest BCUT2D eigenvalue weighted by Gasteiger charge is -2.01. The summed E-state index contributed by atoms with van der Waals surface area (Å²) in [6.45, 7) is 0. The van der Waals surface area contributed by atoms with Crippen LogP contribution >= 0.6 is 11.6 Å². The smallest absolute Gasteiger partial charge is 0.335 e. The van der Waals surface area contributed by atoms with Crippen LogP contribution in [0.4, 0.5) is 0 Å². The molecule has 0 saturated carbocycles. The number of carboxylic acid groups (broad SMARTS) is 1. The predicted octanol–water partition coefficient (Wildman–Crippen LogP) is 1.69. The predicted molar refractivity (Wildman–Crippen MR) is 53.2 cm³/mol. The van der Waals surface area contributed by atoms with Crippen LogP contribution in [0.2, 0.25) is 5.15 Å². The monoisotopic (exact) mass is 224 g/mol. The number of aromatic nitrogens is 2. The van der Waals surface area contributed by atoms with Gasteiger partial charge in [-0.1, -0.05) is 11.6 Å². The Hall–Kier alpha value is -1.88. The number of aromatic hydroxyl groups is 1. The van der Waals surface area contributed by atoms with Crippen molar-refractivity contribution < 1.29 is 15.0 Å². The average Bonchev–Trinajstić information content (AvgIpc) is 2.23. The Bertz CT molecular complexity index is 556. The fourth-order valence-corrected chi connectivity index (χ4v) is 1.44. The largest absolute Gasteiger partial charge is 0.492 e. The number of nitrogens with zero attached hydrogens (tertiary/aromatic N) is 2. The molecule has 2 rings (SSSR count). The Morgan fingerprint density at radius 3 is 2.67 bits per heavy atom. The van der Waals surface area contributed by atoms with Gasteiger partial charge in [0.15, 0.2) is 5.15 Å². The van der Waals surface area contributed by atoms with E-state index in [1.165, 1.54) is 18.2 Å². The lowest BCUT2D eigenvalue weighted by Crippen LogP contribution is -1.96. The first kappa shape index (κ1) is 9.67. The summed E-state index contributed by atoms with van der Waals surface area (Å²) < 4.78 is 0. The molecule has 0 saturated heterocycles. The standard InChI is InChI=1S/C9H5ClN2O3/c10-7-6-3-4(9(14)15)1-2-5(6)8(13)12-11-7/h1-3H,(H,12,13)(H,14,15). The van der Waals surface area contributed by atoms with E-state index in [1.54, 1.807) is 0 Å². The third kappa shape index (κ3) is 1.57. The molecule has 1 aromatic carbocycles. The number of carbonyl (C=O) groups is 1. The van der Waals surface area contributed by atoms with Crippen molar-refractivity contribution in [3.8, 4) is 5.88 Å². The van der Waals surface area contributed by atoms with Gasteiger partial charge >= 0.3 is 5.97 Å². The number of carboxylic acids is 1. The maximum absolute atomic E-state index is 10.7. The molecule has 0 aliphatic carbocycles. The van der Waals surface area contributed by atoms with E-state index in [9.17, 15) is 9.90 Å². The van der Waals surface area contributed by atoms with Crippen LogP contribution in [0, 0.1) is 0 Å². The number of benzene rings is 1. The molecule has 1 aromatic heterocycles. The van der Waals surface area contributed by atoms with Crippen molar-refractivity contribution in [2.75, 3.05) is 0 Å². The summed E-state index contributed by atoms with van der Waals surface area (Å²) >= 11 is 5.73. The maximum atomic E-state index is 10.7. The zero-order chi connectivity index (χ0) is 11.0. The van der Waals surface area contributed by atoms with E-state index >= 15 is 0 Å². The molecular weight excluding hydrogens is 220 g/mol. The van der Waals surface area contributed by atoms with Crippen molar-refractivity contribution >= 4 is 28.3 Å². The summed E-state index contributed by atoms with van der Waals surface area (Å²) in [5.74, 6) is -1.34. The van der Waals surface area contributed by atoms with E-state index in [-0.39, 0.29) is 16.6 Å². The van der Waals surface area contributed by atoms with E-state index in [2.05, 4.69) is 10.2 Å². The molecular formula is C9H5ClN2O3. The van der Waals surface area contributed by atoms with Gasteiger partial charge in [-0.25, -0.2) is 4.79 Å². The van der Waals surface area contributed by atoms with Crippen molar-refractivity contribution in [2.45, 2.75) is 0 Å². The normalized spacial score (nSPS) is 10.5. The number of rotatable bonds is 1. The first-order valence-electron chi connectivity index (χ1n) is 3.98. The fraction of sp³-hybridized carbons (Fsp3) is 0. The Labute approximate surface area is 88.9 Å². The van der Waals surface area contributed by atoms with Crippen LogP contribution in [-0.4, -0.2) is 26.4 Å². The minimum atomic E-state index is -1.07. The second-order valence-electron chi connectivity index (χ2n) is 2.88. The summed E-state index contributed by atoms with van der Waals surface area (Å²) in [4.78, 5) is 10.7. The van der Waals surface area contributed by atoms with Gasteiger partial charge in [0.05, 0.1) is 5.56 Å². The molecule has 0 spiro atoms. The van der Waals surface area contributed by atoms with Gasteiger partial charge < -0.3 is 10.2 Å². The molecule has 0 aliphatic rings. The highest BCUT2D eigenvalue weighted by atomic mass is 35.5. The van der Waals surface area contributed by atoms with Crippen LogP contribution in [0.25, 0.3) is 10.8 Å². The third-order valence-corrected chi connectivity index (χ3v) is 2.24. The van der Waals surface area contributed by atoms with Gasteiger partial charge in [-0.15, -0.1) is 10.2 Å². The third-order valence-electron chi connectivity index (χ3n) is 1.96. The van der Waals surface area contributed by atoms with E-state index in [4.69, 9.17) is 16.7 Å². The lowest BCUT2D eigenvalue weighted by atomic mass is 10.1. The van der Waals surface area contributed by atoms with Crippen LogP contribution < -0.4 is 0 Å². The minimum absolute atomic E-state index is 0.0610. The highest BCUT2D eigenvalue weighted by Crippen LogP contribution is 2.27. The molecule has 2 aromatic rings. The van der Waals surface area contributed by atoms with Crippen molar-refractivity contribution in [1.29, 1.82) is 0 Å². The molecule has 76 valence electrons. The number of hydrogen-bond donors (Lipinski definition) is 2. The van der Waals surface area contributed by atoms with Crippen molar-refractivity contribution in [1.82, 2.24) is 10.2 Å². The van der Waals surface area contributed by atoms with Gasteiger partial charge in [0.2, 0.25) is 5.88 Å². The number of hydrogen-bond acceptors (Lipinski definition) is 4. The summed E-state index contributed by atoms with van der Waals surface area (Å²) in [5.41, 5.74) is 0.0804. The van der Waals surface area contributed by atoms with Crippen LogP contribution in [0.5, 0.6) is 5.88 Å². The zero-order valence-corrected chi connectivity index (χ0v) is 8.06. The fourth-order valence-electron chi connectivity index (χ4n) is 1.24. The molecule has 0 atom stereocenters. The van der Waals surface area contributed by atoms with E-state index < -0.39 is 5.97 Å². The van der Waals surface area contributed by atoms with Gasteiger partial charge in [0.1, 0.15) is 0 Å². The highest BCUT2D eigenvalue weighted by Gasteiger charge is 2.10. The van der Waals surface area contributed by atoms with Gasteiger partial charge in [0, 0.05) is 10.8 Å². The molecule has 2 N–H and O–H groups in total. The minimum Gasteiger partial charge on any atom is -0.492 e. The maximum Gasteiger partial charge on any atom is 0.335 e. The Morgan fingerprint density at radius 1 is 1.27 bits per heavy atom. The molecule has 0 bridgehead atoms. The van der Waals surface area contributed by atoms with Gasteiger partial charge in [-0.2, -0.15) is 0 Å². The van der Waals surface area contributed by atoms with Crippen molar-refractivity contribution in [2.24, 2.45) is 0 Å². The number of halogens is 1. The second-order valence-corrected chi connectivity index (χ2v) is 3.24. The van der Waals surface area contributed by atoms with Crippen LogP contribution in [0.1, 0.15) is 10.4 Å². The molecule has 0 fully saturated rings. The topological polar surface area (TPSA) is 83.3 Å². The molecule has 0 aliphatic heterocycles. The Kier molecular flexibility index (Phi) is 2.17. The molecule has 15 heavy (non-hydrogen) atoms. The molecule has 1 heterocycles.